The molecular formula is C9H14N4O3. The lowest BCUT2D eigenvalue weighted by Crippen LogP contribution is -2.39. The molecule has 0 aliphatic rings. The number of hydrogen-bond donors (Lipinski definition) is 2. The molecular weight excluding hydrogens is 212 g/mol. The van der Waals surface area contributed by atoms with Crippen LogP contribution in [0.25, 0.3) is 0 Å². The van der Waals surface area contributed by atoms with Gasteiger partial charge in [-0.1, -0.05) is 0 Å². The molecule has 1 atom stereocenters. The first-order valence-corrected chi connectivity index (χ1v) is 4.64. The molecule has 1 aromatic rings. The zero-order valence-electron chi connectivity index (χ0n) is 9.12. The SMILES string of the molecule is CN(C)c1cnn(CC(N)C(=O)O)c(=O)c1. The zero-order valence-corrected chi connectivity index (χ0v) is 9.12. The van der Waals surface area contributed by atoms with Crippen molar-refractivity contribution in [2.45, 2.75) is 12.6 Å². The van der Waals surface area contributed by atoms with Crippen LogP contribution in [-0.2, 0) is 11.3 Å². The Labute approximate surface area is 92.1 Å². The molecule has 1 aromatic heterocycles. The minimum absolute atomic E-state index is 0.137. The average molecular weight is 226 g/mol. The van der Waals surface area contributed by atoms with E-state index in [2.05, 4.69) is 5.10 Å². The van der Waals surface area contributed by atoms with E-state index in [1.54, 1.807) is 19.0 Å². The molecule has 0 saturated carbocycles. The van der Waals surface area contributed by atoms with Crippen molar-refractivity contribution in [3.8, 4) is 0 Å². The van der Waals surface area contributed by atoms with Crippen LogP contribution in [0.5, 0.6) is 0 Å². The third-order valence-corrected chi connectivity index (χ3v) is 2.06. The Morgan fingerprint density at radius 3 is 2.75 bits per heavy atom. The Bertz CT molecular complexity index is 441. The first kappa shape index (κ1) is 12.2. The largest absolute Gasteiger partial charge is 0.480 e. The van der Waals surface area contributed by atoms with Gasteiger partial charge in [0.05, 0.1) is 18.4 Å². The highest BCUT2D eigenvalue weighted by molar-refractivity contribution is 5.72. The van der Waals surface area contributed by atoms with Crippen LogP contribution < -0.4 is 16.2 Å². The third-order valence-electron chi connectivity index (χ3n) is 2.06. The van der Waals surface area contributed by atoms with Crippen LogP contribution in [0.2, 0.25) is 0 Å². The predicted molar refractivity (Wildman–Crippen MR) is 58.4 cm³/mol. The van der Waals surface area contributed by atoms with E-state index >= 15 is 0 Å². The number of carbonyl (C=O) groups is 1. The Morgan fingerprint density at radius 2 is 2.31 bits per heavy atom. The van der Waals surface area contributed by atoms with E-state index in [1.807, 2.05) is 0 Å². The van der Waals surface area contributed by atoms with Gasteiger partial charge in [-0.15, -0.1) is 0 Å². The molecule has 0 fully saturated rings. The van der Waals surface area contributed by atoms with Crippen LogP contribution in [0.3, 0.4) is 0 Å². The van der Waals surface area contributed by atoms with Gasteiger partial charge in [0.25, 0.3) is 5.56 Å². The van der Waals surface area contributed by atoms with Crippen molar-refractivity contribution < 1.29 is 9.90 Å². The number of hydrogen-bond acceptors (Lipinski definition) is 5. The zero-order chi connectivity index (χ0) is 12.3. The molecule has 0 amide bonds. The summed E-state index contributed by atoms with van der Waals surface area (Å²) in [6.45, 7) is -0.137. The maximum Gasteiger partial charge on any atom is 0.322 e. The summed E-state index contributed by atoms with van der Waals surface area (Å²) in [5, 5.41) is 12.4. The smallest absolute Gasteiger partial charge is 0.322 e. The summed E-state index contributed by atoms with van der Waals surface area (Å²) in [4.78, 5) is 23.8. The highest BCUT2D eigenvalue weighted by Crippen LogP contribution is 2.03. The predicted octanol–water partition coefficient (Wildman–Crippen LogP) is -1.28. The number of nitrogens with two attached hydrogens (primary N) is 1. The van der Waals surface area contributed by atoms with Crippen LogP contribution in [0.1, 0.15) is 0 Å². The number of rotatable bonds is 4. The number of carboxylic acids is 1. The lowest BCUT2D eigenvalue weighted by molar-refractivity contribution is -0.138. The second kappa shape index (κ2) is 4.75. The summed E-state index contributed by atoms with van der Waals surface area (Å²) < 4.78 is 1.03. The molecule has 0 aliphatic carbocycles. The molecule has 7 nitrogen and oxygen atoms in total. The maximum absolute atomic E-state index is 11.5. The highest BCUT2D eigenvalue weighted by atomic mass is 16.4. The number of carboxylic acid groups (broad SMARTS) is 1. The van der Waals surface area contributed by atoms with Crippen LogP contribution in [-0.4, -0.2) is 41.0 Å². The third kappa shape index (κ3) is 2.80. The van der Waals surface area contributed by atoms with E-state index < -0.39 is 12.0 Å². The van der Waals surface area contributed by atoms with Gasteiger partial charge < -0.3 is 15.7 Å². The topological polar surface area (TPSA) is 101 Å². The standard InChI is InChI=1S/C9H14N4O3/c1-12(2)6-3-8(14)13(11-4-6)5-7(10)9(15)16/h3-4,7H,5,10H2,1-2H3,(H,15,16). The summed E-state index contributed by atoms with van der Waals surface area (Å²) in [6, 6.07) is 0.247. The van der Waals surface area contributed by atoms with Gasteiger partial charge in [-0.05, 0) is 0 Å². The molecule has 88 valence electrons. The first-order valence-electron chi connectivity index (χ1n) is 4.64. The van der Waals surface area contributed by atoms with Crippen LogP contribution in [0, 0.1) is 0 Å². The molecule has 1 heterocycles. The molecule has 7 heteroatoms. The van der Waals surface area contributed by atoms with Gasteiger partial charge in [0.15, 0.2) is 0 Å². The minimum Gasteiger partial charge on any atom is -0.480 e. The van der Waals surface area contributed by atoms with Crippen molar-refractivity contribution in [2.24, 2.45) is 5.73 Å². The molecule has 0 aromatic carbocycles. The van der Waals surface area contributed by atoms with Crippen LogP contribution in [0.15, 0.2) is 17.1 Å². The molecule has 3 N–H and O–H groups in total. The molecule has 0 aliphatic heterocycles. The molecule has 16 heavy (non-hydrogen) atoms. The van der Waals surface area contributed by atoms with E-state index in [-0.39, 0.29) is 12.1 Å². The van der Waals surface area contributed by atoms with E-state index in [0.29, 0.717) is 5.69 Å². The lowest BCUT2D eigenvalue weighted by atomic mass is 10.3. The normalized spacial score (nSPS) is 12.2. The van der Waals surface area contributed by atoms with Gasteiger partial charge in [0, 0.05) is 20.2 Å². The van der Waals surface area contributed by atoms with Crippen molar-refractivity contribution in [3.63, 3.8) is 0 Å². The number of nitrogens with zero attached hydrogens (tertiary/aromatic N) is 3. The van der Waals surface area contributed by atoms with Crippen molar-refractivity contribution in [1.29, 1.82) is 0 Å². The van der Waals surface area contributed by atoms with Gasteiger partial charge in [0.2, 0.25) is 0 Å². The molecule has 0 bridgehead atoms. The summed E-state index contributed by atoms with van der Waals surface area (Å²) in [5.74, 6) is -1.16. The maximum atomic E-state index is 11.5. The number of aliphatic carboxylic acids is 1. The Kier molecular flexibility index (Phi) is 3.62. The average Bonchev–Trinajstić information content (AvgIpc) is 2.20. The summed E-state index contributed by atoms with van der Waals surface area (Å²) in [6.07, 6.45) is 1.48. The molecule has 0 radical (unpaired) electrons. The fourth-order valence-corrected chi connectivity index (χ4v) is 1.07. The van der Waals surface area contributed by atoms with Crippen molar-refractivity contribution in [1.82, 2.24) is 9.78 Å². The minimum atomic E-state index is -1.16. The molecule has 0 saturated heterocycles. The summed E-state index contributed by atoms with van der Waals surface area (Å²) in [5.41, 5.74) is 5.59. The van der Waals surface area contributed by atoms with Gasteiger partial charge in [-0.3, -0.25) is 9.59 Å². The van der Waals surface area contributed by atoms with Gasteiger partial charge in [0.1, 0.15) is 6.04 Å². The lowest BCUT2D eigenvalue weighted by Gasteiger charge is -2.13. The van der Waals surface area contributed by atoms with E-state index in [9.17, 15) is 9.59 Å². The quantitative estimate of drug-likeness (QED) is 0.663. The molecule has 1 rings (SSSR count). The van der Waals surface area contributed by atoms with E-state index in [1.165, 1.54) is 12.3 Å². The van der Waals surface area contributed by atoms with Crippen LogP contribution in [0.4, 0.5) is 5.69 Å². The number of aromatic nitrogens is 2. The Balaban J connectivity index is 2.92. The van der Waals surface area contributed by atoms with Crippen molar-refractivity contribution >= 4 is 11.7 Å². The fourth-order valence-electron chi connectivity index (χ4n) is 1.07. The second-order valence-corrected chi connectivity index (χ2v) is 3.57. The fraction of sp³-hybridized carbons (Fsp3) is 0.444. The Morgan fingerprint density at radius 1 is 1.69 bits per heavy atom. The molecule has 0 spiro atoms. The van der Waals surface area contributed by atoms with E-state index in [4.69, 9.17) is 10.8 Å². The summed E-state index contributed by atoms with van der Waals surface area (Å²) >= 11 is 0. The highest BCUT2D eigenvalue weighted by Gasteiger charge is 2.13. The van der Waals surface area contributed by atoms with Gasteiger partial charge in [-0.25, -0.2) is 4.68 Å². The van der Waals surface area contributed by atoms with Crippen molar-refractivity contribution in [2.75, 3.05) is 19.0 Å². The monoisotopic (exact) mass is 226 g/mol. The second-order valence-electron chi connectivity index (χ2n) is 3.57. The summed E-state index contributed by atoms with van der Waals surface area (Å²) in [7, 11) is 3.56. The van der Waals surface area contributed by atoms with Crippen LogP contribution >= 0.6 is 0 Å². The molecule has 1 unspecified atom stereocenters. The van der Waals surface area contributed by atoms with E-state index in [0.717, 1.165) is 4.68 Å². The van der Waals surface area contributed by atoms with Gasteiger partial charge >= 0.3 is 5.97 Å². The van der Waals surface area contributed by atoms with Crippen molar-refractivity contribution in [3.05, 3.63) is 22.6 Å². The first-order chi connectivity index (χ1) is 7.41. The Hall–Kier alpha value is -1.89. The number of anilines is 1. The van der Waals surface area contributed by atoms with Gasteiger partial charge in [-0.2, -0.15) is 5.10 Å².